The number of hydrogen-bond acceptors (Lipinski definition) is 4. The van der Waals surface area contributed by atoms with Crippen molar-refractivity contribution in [1.29, 1.82) is 0 Å². The minimum Gasteiger partial charge on any atom is -0.493 e. The largest absolute Gasteiger partial charge is 0.493 e. The van der Waals surface area contributed by atoms with E-state index in [0.717, 1.165) is 11.3 Å². The van der Waals surface area contributed by atoms with Gasteiger partial charge in [0.05, 0.1) is 17.6 Å². The van der Waals surface area contributed by atoms with Crippen molar-refractivity contribution < 1.29 is 14.5 Å². The normalized spacial score (nSPS) is 16.1. The lowest BCUT2D eigenvalue weighted by Gasteiger charge is -2.26. The zero-order chi connectivity index (χ0) is 16.4. The standard InChI is InChI=1S/C17H16N2O4/c1-11-5-4-7-13(16(11)19(21)22)17(20)18-14-9-10-23-15-8-3-2-6-12(14)15/h2-8,14H,9-10H2,1H3,(H,18,20)/t14-/m0/s1. The average Bonchev–Trinajstić information content (AvgIpc) is 2.54. The van der Waals surface area contributed by atoms with Crippen LogP contribution in [0.2, 0.25) is 0 Å². The molecule has 3 rings (SSSR count). The number of ether oxygens (including phenoxy) is 1. The van der Waals surface area contributed by atoms with Gasteiger partial charge in [0.25, 0.3) is 11.6 Å². The maximum absolute atomic E-state index is 12.5. The van der Waals surface area contributed by atoms with E-state index in [9.17, 15) is 14.9 Å². The SMILES string of the molecule is Cc1cccc(C(=O)N[C@H]2CCOc3ccccc32)c1[N+](=O)[O-]. The van der Waals surface area contributed by atoms with Crippen molar-refractivity contribution in [2.75, 3.05) is 6.61 Å². The van der Waals surface area contributed by atoms with Gasteiger partial charge < -0.3 is 10.1 Å². The number of nitro benzene ring substituents is 1. The molecule has 6 nitrogen and oxygen atoms in total. The van der Waals surface area contributed by atoms with E-state index < -0.39 is 10.8 Å². The van der Waals surface area contributed by atoms with Crippen molar-refractivity contribution >= 4 is 11.6 Å². The topological polar surface area (TPSA) is 81.5 Å². The molecule has 118 valence electrons. The van der Waals surface area contributed by atoms with Gasteiger partial charge in [-0.25, -0.2) is 0 Å². The maximum Gasteiger partial charge on any atom is 0.285 e. The lowest BCUT2D eigenvalue weighted by atomic mass is 9.99. The van der Waals surface area contributed by atoms with Gasteiger partial charge in [0, 0.05) is 17.5 Å². The lowest BCUT2D eigenvalue weighted by Crippen LogP contribution is -2.32. The Morgan fingerprint density at radius 2 is 2.04 bits per heavy atom. The molecule has 0 radical (unpaired) electrons. The van der Waals surface area contributed by atoms with Crippen molar-refractivity contribution in [3.05, 3.63) is 69.3 Å². The minimum atomic E-state index is -0.512. The summed E-state index contributed by atoms with van der Waals surface area (Å²) in [7, 11) is 0. The summed E-state index contributed by atoms with van der Waals surface area (Å²) >= 11 is 0. The molecule has 1 N–H and O–H groups in total. The Morgan fingerprint density at radius 1 is 1.26 bits per heavy atom. The van der Waals surface area contributed by atoms with E-state index in [1.54, 1.807) is 19.1 Å². The van der Waals surface area contributed by atoms with Crippen molar-refractivity contribution in [3.8, 4) is 5.75 Å². The molecular weight excluding hydrogens is 296 g/mol. The van der Waals surface area contributed by atoms with Gasteiger partial charge in [-0.2, -0.15) is 0 Å². The molecule has 1 aliphatic rings. The molecule has 23 heavy (non-hydrogen) atoms. The molecule has 2 aromatic rings. The predicted octanol–water partition coefficient (Wildman–Crippen LogP) is 3.16. The number of fused-ring (bicyclic) bond motifs is 1. The van der Waals surface area contributed by atoms with Crippen molar-refractivity contribution in [2.45, 2.75) is 19.4 Å². The van der Waals surface area contributed by atoms with E-state index >= 15 is 0 Å². The number of carbonyl (C=O) groups excluding carboxylic acids is 1. The Labute approximate surface area is 133 Å². The third-order valence-electron chi connectivity index (χ3n) is 3.93. The summed E-state index contributed by atoms with van der Waals surface area (Å²) in [5, 5.41) is 14.1. The summed E-state index contributed by atoms with van der Waals surface area (Å²) in [6, 6.07) is 12.0. The highest BCUT2D eigenvalue weighted by atomic mass is 16.6. The number of nitrogens with zero attached hydrogens (tertiary/aromatic N) is 1. The number of aryl methyl sites for hydroxylation is 1. The van der Waals surface area contributed by atoms with Crippen LogP contribution in [0.25, 0.3) is 0 Å². The number of para-hydroxylation sites is 2. The number of nitro groups is 1. The molecular formula is C17H16N2O4. The summed E-state index contributed by atoms with van der Waals surface area (Å²) in [6.07, 6.45) is 0.627. The fourth-order valence-electron chi connectivity index (χ4n) is 2.81. The number of nitrogens with one attached hydrogen (secondary N) is 1. The van der Waals surface area contributed by atoms with Crippen molar-refractivity contribution in [3.63, 3.8) is 0 Å². The van der Waals surface area contributed by atoms with E-state index in [1.807, 2.05) is 24.3 Å². The second-order valence-corrected chi connectivity index (χ2v) is 5.43. The molecule has 0 aromatic heterocycles. The first kappa shape index (κ1) is 15.0. The molecule has 0 spiro atoms. The predicted molar refractivity (Wildman–Crippen MR) is 84.6 cm³/mol. The van der Waals surface area contributed by atoms with Gasteiger partial charge >= 0.3 is 0 Å². The van der Waals surface area contributed by atoms with Gasteiger partial charge in [-0.3, -0.25) is 14.9 Å². The van der Waals surface area contributed by atoms with Crippen LogP contribution in [0, 0.1) is 17.0 Å². The summed E-state index contributed by atoms with van der Waals surface area (Å²) in [5.41, 5.74) is 1.29. The summed E-state index contributed by atoms with van der Waals surface area (Å²) < 4.78 is 5.56. The van der Waals surface area contributed by atoms with Gasteiger partial charge in [-0.05, 0) is 19.1 Å². The zero-order valence-electron chi connectivity index (χ0n) is 12.6. The van der Waals surface area contributed by atoms with Gasteiger partial charge in [-0.15, -0.1) is 0 Å². The van der Waals surface area contributed by atoms with Crippen LogP contribution >= 0.6 is 0 Å². The molecule has 1 atom stereocenters. The lowest BCUT2D eigenvalue weighted by molar-refractivity contribution is -0.385. The smallest absolute Gasteiger partial charge is 0.285 e. The molecule has 0 bridgehead atoms. The summed E-state index contributed by atoms with van der Waals surface area (Å²) in [5.74, 6) is 0.296. The molecule has 0 saturated carbocycles. The van der Waals surface area contributed by atoms with Crippen LogP contribution in [0.4, 0.5) is 5.69 Å². The Kier molecular flexibility index (Phi) is 3.97. The quantitative estimate of drug-likeness (QED) is 0.697. The third-order valence-corrected chi connectivity index (χ3v) is 3.93. The summed E-state index contributed by atoms with van der Waals surface area (Å²) in [4.78, 5) is 23.3. The number of hydrogen-bond donors (Lipinski definition) is 1. The molecule has 6 heteroatoms. The first-order valence-corrected chi connectivity index (χ1v) is 7.34. The van der Waals surface area contributed by atoms with Crippen LogP contribution in [0.3, 0.4) is 0 Å². The van der Waals surface area contributed by atoms with E-state index in [0.29, 0.717) is 18.6 Å². The van der Waals surface area contributed by atoms with Crippen molar-refractivity contribution in [2.24, 2.45) is 0 Å². The average molecular weight is 312 g/mol. The van der Waals surface area contributed by atoms with Gasteiger partial charge in [0.2, 0.25) is 0 Å². The van der Waals surface area contributed by atoms with Crippen LogP contribution in [0.5, 0.6) is 5.75 Å². The molecule has 0 unspecified atom stereocenters. The Bertz CT molecular complexity index is 773. The van der Waals surface area contributed by atoms with Gasteiger partial charge in [-0.1, -0.05) is 30.3 Å². The fourth-order valence-corrected chi connectivity index (χ4v) is 2.81. The highest BCUT2D eigenvalue weighted by molar-refractivity contribution is 5.98. The molecule has 1 aliphatic heterocycles. The Balaban J connectivity index is 1.90. The Morgan fingerprint density at radius 3 is 2.83 bits per heavy atom. The molecule has 0 aliphatic carbocycles. The molecule has 0 fully saturated rings. The highest BCUT2D eigenvalue weighted by Crippen LogP contribution is 2.32. The second kappa shape index (κ2) is 6.08. The summed E-state index contributed by atoms with van der Waals surface area (Å²) in [6.45, 7) is 2.12. The van der Waals surface area contributed by atoms with Crippen LogP contribution in [-0.4, -0.2) is 17.4 Å². The number of benzene rings is 2. The van der Waals surface area contributed by atoms with E-state index in [-0.39, 0.29) is 17.3 Å². The van der Waals surface area contributed by atoms with E-state index in [4.69, 9.17) is 4.74 Å². The molecule has 2 aromatic carbocycles. The minimum absolute atomic E-state index is 0.0824. The molecule has 1 heterocycles. The second-order valence-electron chi connectivity index (χ2n) is 5.43. The maximum atomic E-state index is 12.5. The number of carbonyl (C=O) groups is 1. The van der Waals surface area contributed by atoms with Crippen LogP contribution in [-0.2, 0) is 0 Å². The van der Waals surface area contributed by atoms with E-state index in [2.05, 4.69) is 5.32 Å². The first-order chi connectivity index (χ1) is 11.1. The van der Waals surface area contributed by atoms with Crippen LogP contribution in [0.15, 0.2) is 42.5 Å². The van der Waals surface area contributed by atoms with E-state index in [1.165, 1.54) is 6.07 Å². The highest BCUT2D eigenvalue weighted by Gasteiger charge is 2.27. The van der Waals surface area contributed by atoms with Crippen LogP contribution in [0.1, 0.15) is 33.9 Å². The number of amides is 1. The van der Waals surface area contributed by atoms with Crippen LogP contribution < -0.4 is 10.1 Å². The van der Waals surface area contributed by atoms with Gasteiger partial charge in [0.1, 0.15) is 11.3 Å². The first-order valence-electron chi connectivity index (χ1n) is 7.34. The third kappa shape index (κ3) is 2.88. The fraction of sp³-hybridized carbons (Fsp3) is 0.235. The number of rotatable bonds is 3. The van der Waals surface area contributed by atoms with Gasteiger partial charge in [0.15, 0.2) is 0 Å². The van der Waals surface area contributed by atoms with Crippen molar-refractivity contribution in [1.82, 2.24) is 5.32 Å². The Hall–Kier alpha value is -2.89. The zero-order valence-corrected chi connectivity index (χ0v) is 12.6. The molecule has 0 saturated heterocycles. The monoisotopic (exact) mass is 312 g/mol. The molecule has 1 amide bonds.